The number of nitrogens with zero attached hydrogens (tertiary/aromatic N) is 4. The van der Waals surface area contributed by atoms with Gasteiger partial charge in [-0.2, -0.15) is 0 Å². The Bertz CT molecular complexity index is 622. The molecule has 15 heavy (non-hydrogen) atoms. The minimum atomic E-state index is -0.360. The van der Waals surface area contributed by atoms with E-state index in [1.54, 1.807) is 18.7 Å². The quantitative estimate of drug-likeness (QED) is 0.620. The molecular weight excluding hydrogens is 311 g/mol. The first-order valence-electron chi connectivity index (χ1n) is 4.11. The zero-order valence-corrected chi connectivity index (χ0v) is 10.9. The lowest BCUT2D eigenvalue weighted by Gasteiger charge is -2.02. The third kappa shape index (κ3) is 1.50. The van der Waals surface area contributed by atoms with Crippen molar-refractivity contribution in [1.82, 2.24) is 18.7 Å². The van der Waals surface area contributed by atoms with Gasteiger partial charge < -0.3 is 4.57 Å². The molecule has 2 aromatic heterocycles. The molecule has 0 unspecified atom stereocenters. The molecule has 0 amide bonds. The lowest BCUT2D eigenvalue weighted by atomic mass is 10.5. The maximum atomic E-state index is 11.7. The normalized spacial score (nSPS) is 10.3. The largest absolute Gasteiger partial charge is 0.332 e. The molecule has 0 aromatic carbocycles. The van der Waals surface area contributed by atoms with Gasteiger partial charge in [-0.05, 0) is 0 Å². The van der Waals surface area contributed by atoms with Gasteiger partial charge in [-0.25, -0.2) is 9.78 Å². The summed E-state index contributed by atoms with van der Waals surface area (Å²) >= 11 is 0. The first-order valence-corrected chi connectivity index (χ1v) is 4.11. The standard InChI is InChI=1S/C8H10N4O2.HI/c1-10-4-9-6-5(10)7(13)12(3)8(14)11(6)2;/h4H,1-3H3;1H. The van der Waals surface area contributed by atoms with Crippen molar-refractivity contribution in [3.05, 3.63) is 27.2 Å². The van der Waals surface area contributed by atoms with Crippen LogP contribution < -0.4 is 11.2 Å². The highest BCUT2D eigenvalue weighted by molar-refractivity contribution is 14.0. The number of imidazole rings is 1. The number of hydrogen-bond donors (Lipinski definition) is 0. The SMILES string of the molecule is Cn1c(=O)c2c(ncn2C)n(C)c1=O.I. The zero-order chi connectivity index (χ0) is 10.5. The molecule has 0 aliphatic rings. The third-order valence-electron chi connectivity index (χ3n) is 2.32. The van der Waals surface area contributed by atoms with E-state index in [1.807, 2.05) is 0 Å². The second kappa shape index (κ2) is 3.80. The van der Waals surface area contributed by atoms with Crippen LogP contribution in [0.5, 0.6) is 0 Å². The topological polar surface area (TPSA) is 61.8 Å². The first-order chi connectivity index (χ1) is 6.54. The lowest BCUT2D eigenvalue weighted by molar-refractivity contribution is 0.705. The Labute approximate surface area is 102 Å². The Morgan fingerprint density at radius 1 is 1.13 bits per heavy atom. The molecule has 2 heterocycles. The van der Waals surface area contributed by atoms with E-state index >= 15 is 0 Å². The summed E-state index contributed by atoms with van der Waals surface area (Å²) in [6, 6.07) is 0. The molecule has 0 radical (unpaired) electrons. The van der Waals surface area contributed by atoms with Gasteiger partial charge in [-0.15, -0.1) is 24.0 Å². The van der Waals surface area contributed by atoms with Crippen LogP contribution in [0.1, 0.15) is 0 Å². The molecule has 6 nitrogen and oxygen atoms in total. The highest BCUT2D eigenvalue weighted by Gasteiger charge is 2.11. The Morgan fingerprint density at radius 2 is 1.73 bits per heavy atom. The van der Waals surface area contributed by atoms with Crippen molar-refractivity contribution in [2.45, 2.75) is 0 Å². The van der Waals surface area contributed by atoms with E-state index in [9.17, 15) is 9.59 Å². The Morgan fingerprint density at radius 3 is 2.33 bits per heavy atom. The van der Waals surface area contributed by atoms with Gasteiger partial charge in [-0.1, -0.05) is 0 Å². The van der Waals surface area contributed by atoms with Crippen LogP contribution in [0.15, 0.2) is 15.9 Å². The van der Waals surface area contributed by atoms with Gasteiger partial charge in [0.2, 0.25) is 0 Å². The van der Waals surface area contributed by atoms with Gasteiger partial charge in [0.1, 0.15) is 0 Å². The van der Waals surface area contributed by atoms with Crippen molar-refractivity contribution in [1.29, 1.82) is 0 Å². The van der Waals surface area contributed by atoms with E-state index in [2.05, 4.69) is 4.98 Å². The smallest absolute Gasteiger partial charge is 0.328 e. The van der Waals surface area contributed by atoms with Crippen molar-refractivity contribution >= 4 is 35.1 Å². The Hall–Kier alpha value is -1.12. The minimum Gasteiger partial charge on any atom is -0.328 e. The van der Waals surface area contributed by atoms with Crippen molar-refractivity contribution in [2.24, 2.45) is 21.1 Å². The molecule has 0 saturated carbocycles. The molecule has 0 aliphatic heterocycles. The van der Waals surface area contributed by atoms with Gasteiger partial charge in [0.05, 0.1) is 6.33 Å². The summed E-state index contributed by atoms with van der Waals surface area (Å²) in [6.07, 6.45) is 1.52. The number of hydrogen-bond acceptors (Lipinski definition) is 3. The van der Waals surface area contributed by atoms with Crippen molar-refractivity contribution < 1.29 is 0 Å². The molecule has 7 heteroatoms. The fraction of sp³-hybridized carbons (Fsp3) is 0.375. The molecule has 2 aromatic rings. The highest BCUT2D eigenvalue weighted by Crippen LogP contribution is 2.01. The first kappa shape index (κ1) is 12.0. The zero-order valence-electron chi connectivity index (χ0n) is 8.59. The molecule has 0 atom stereocenters. The van der Waals surface area contributed by atoms with Crippen LogP contribution in [0.2, 0.25) is 0 Å². The number of aromatic nitrogens is 4. The van der Waals surface area contributed by atoms with E-state index in [0.29, 0.717) is 11.2 Å². The summed E-state index contributed by atoms with van der Waals surface area (Å²) in [5, 5.41) is 0. The number of aryl methyl sites for hydroxylation is 2. The molecule has 2 rings (SSSR count). The van der Waals surface area contributed by atoms with Crippen LogP contribution in [0.25, 0.3) is 11.2 Å². The van der Waals surface area contributed by atoms with Crippen LogP contribution in [-0.4, -0.2) is 18.7 Å². The summed E-state index contributed by atoms with van der Waals surface area (Å²) in [4.78, 5) is 27.2. The molecule has 0 N–H and O–H groups in total. The summed E-state index contributed by atoms with van der Waals surface area (Å²) in [6.45, 7) is 0. The van der Waals surface area contributed by atoms with Crippen LogP contribution >= 0.6 is 24.0 Å². The maximum Gasteiger partial charge on any atom is 0.332 e. The summed E-state index contributed by atoms with van der Waals surface area (Å²) in [7, 11) is 4.77. The molecule has 0 saturated heterocycles. The predicted molar refractivity (Wildman–Crippen MR) is 66.6 cm³/mol. The number of halogens is 1. The van der Waals surface area contributed by atoms with E-state index < -0.39 is 0 Å². The second-order valence-electron chi connectivity index (χ2n) is 3.23. The Balaban J connectivity index is 0.00000112. The fourth-order valence-corrected chi connectivity index (χ4v) is 1.47. The maximum absolute atomic E-state index is 11.7. The highest BCUT2D eigenvalue weighted by atomic mass is 127. The number of rotatable bonds is 0. The van der Waals surface area contributed by atoms with Crippen molar-refractivity contribution in [2.75, 3.05) is 0 Å². The lowest BCUT2D eigenvalue weighted by Crippen LogP contribution is -2.37. The average Bonchev–Trinajstić information content (AvgIpc) is 2.54. The summed E-state index contributed by atoms with van der Waals surface area (Å²) < 4.78 is 4.04. The predicted octanol–water partition coefficient (Wildman–Crippen LogP) is -0.411. The van der Waals surface area contributed by atoms with Gasteiger partial charge >= 0.3 is 5.69 Å². The summed E-state index contributed by atoms with van der Waals surface area (Å²) in [5.74, 6) is 0. The molecule has 82 valence electrons. The molecule has 0 bridgehead atoms. The van der Waals surface area contributed by atoms with E-state index in [4.69, 9.17) is 0 Å². The van der Waals surface area contributed by atoms with Gasteiger partial charge in [-0.3, -0.25) is 13.9 Å². The number of fused-ring (bicyclic) bond motifs is 1. The van der Waals surface area contributed by atoms with Gasteiger partial charge in [0, 0.05) is 21.1 Å². The molecule has 0 spiro atoms. The van der Waals surface area contributed by atoms with Crippen LogP contribution in [-0.2, 0) is 21.1 Å². The van der Waals surface area contributed by atoms with Crippen LogP contribution in [0, 0.1) is 0 Å². The monoisotopic (exact) mass is 322 g/mol. The van der Waals surface area contributed by atoms with E-state index in [-0.39, 0.29) is 35.2 Å². The molecule has 0 aliphatic carbocycles. The summed E-state index contributed by atoms with van der Waals surface area (Å²) in [5.41, 5.74) is 0.180. The van der Waals surface area contributed by atoms with Crippen molar-refractivity contribution in [3.63, 3.8) is 0 Å². The average molecular weight is 322 g/mol. The van der Waals surface area contributed by atoms with Crippen LogP contribution in [0.3, 0.4) is 0 Å². The van der Waals surface area contributed by atoms with Gasteiger partial charge in [0.25, 0.3) is 5.56 Å². The third-order valence-corrected chi connectivity index (χ3v) is 2.32. The van der Waals surface area contributed by atoms with E-state index in [0.717, 1.165) is 4.57 Å². The fourth-order valence-electron chi connectivity index (χ4n) is 1.47. The molecular formula is C8H11IN4O2. The second-order valence-corrected chi connectivity index (χ2v) is 3.23. The minimum absolute atomic E-state index is 0. The van der Waals surface area contributed by atoms with Gasteiger partial charge in [0.15, 0.2) is 11.2 Å². The van der Waals surface area contributed by atoms with Crippen LogP contribution in [0.4, 0.5) is 0 Å². The Kier molecular flexibility index (Phi) is 3.03. The molecule has 0 fully saturated rings. The van der Waals surface area contributed by atoms with Crippen molar-refractivity contribution in [3.8, 4) is 0 Å². The van der Waals surface area contributed by atoms with E-state index in [1.165, 1.54) is 17.9 Å².